The van der Waals surface area contributed by atoms with E-state index in [1.807, 2.05) is 97.1 Å². The van der Waals surface area contributed by atoms with E-state index in [4.69, 9.17) is 54.4 Å². The van der Waals surface area contributed by atoms with Crippen molar-refractivity contribution < 1.29 is 74.9 Å². The highest BCUT2D eigenvalue weighted by atomic mass is 16.3. The third-order valence-electron chi connectivity index (χ3n) is 21.1. The van der Waals surface area contributed by atoms with Crippen LogP contribution in [0, 0.1) is 0 Å². The van der Waals surface area contributed by atoms with Gasteiger partial charge in [-0.05, 0) is 223 Å². The second-order valence-corrected chi connectivity index (χ2v) is 27.2. The molecule has 0 unspecified atom stereocenters. The highest BCUT2D eigenvalue weighted by Gasteiger charge is 2.26. The van der Waals surface area contributed by atoms with Crippen molar-refractivity contribution in [2.45, 2.75) is 0 Å². The van der Waals surface area contributed by atoms with Gasteiger partial charge in [0.05, 0.1) is 61.7 Å². The normalized spacial score (nSPS) is 17.1. The molecule has 0 spiro atoms. The maximum absolute atomic E-state index is 9.36. The second kappa shape index (κ2) is 27.8. The predicted octanol–water partition coefficient (Wildman–Crippen LogP) is 32.8. The molecule has 3 heterocycles. The fourth-order valence-electron chi connectivity index (χ4n) is 16.2. The zero-order valence-electron chi connectivity index (χ0n) is 105. The van der Waals surface area contributed by atoms with Crippen LogP contribution in [0.5, 0.6) is 0 Å². The molecule has 0 atom stereocenters. The van der Waals surface area contributed by atoms with Gasteiger partial charge in [-0.3, -0.25) is 0 Å². The van der Waals surface area contributed by atoms with Gasteiger partial charge in [0.1, 0.15) is 33.5 Å². The summed E-state index contributed by atoms with van der Waals surface area (Å²) < 4.78 is 417. The van der Waals surface area contributed by atoms with Crippen LogP contribution in [0.1, 0.15) is 61.7 Å². The monoisotopic (exact) mass is 1530 g/mol. The topological polar surface area (TPSA) is 39.4 Å². The lowest BCUT2D eigenvalue weighted by Crippen LogP contribution is -1.93. The summed E-state index contributed by atoms with van der Waals surface area (Å²) in [4.78, 5) is 0. The summed E-state index contributed by atoms with van der Waals surface area (Å²) in [5, 5.41) is 1.16. The molecule has 0 N–H and O–H groups in total. The van der Waals surface area contributed by atoms with Crippen LogP contribution >= 0.6 is 0 Å². The first kappa shape index (κ1) is 36.2. The quantitative estimate of drug-likeness (QED) is 0.118. The van der Waals surface area contributed by atoms with Crippen LogP contribution in [-0.4, -0.2) is 0 Å². The van der Waals surface area contributed by atoms with Gasteiger partial charge in [-0.1, -0.05) is 375 Å². The first-order valence-corrected chi connectivity index (χ1v) is 36.5. The fourth-order valence-corrected chi connectivity index (χ4v) is 16.2. The van der Waals surface area contributed by atoms with Gasteiger partial charge in [-0.15, -0.1) is 0 Å². The number of hydrogen-bond donors (Lipinski definition) is 0. The summed E-state index contributed by atoms with van der Waals surface area (Å²) in [5.74, 6) is 0. The summed E-state index contributed by atoms with van der Waals surface area (Å²) in [6.45, 7) is 0. The average molecular weight is 1530 g/mol. The van der Waals surface area contributed by atoms with Crippen LogP contribution in [0.3, 0.4) is 0 Å². The number of hydrogen-bond acceptors (Lipinski definition) is 3. The summed E-state index contributed by atoms with van der Waals surface area (Å²) in [6.07, 6.45) is 0. The Balaban J connectivity index is 0.000000131. The Morgan fingerprint density at radius 3 is 0.855 bits per heavy atom. The Morgan fingerprint density at radius 2 is 0.436 bits per heavy atom. The van der Waals surface area contributed by atoms with Crippen LogP contribution in [0.2, 0.25) is 0 Å². The van der Waals surface area contributed by atoms with Crippen LogP contribution in [-0.2, 0) is 0 Å². The van der Waals surface area contributed by atoms with E-state index in [1.54, 1.807) is 54.6 Å². The first-order chi connectivity index (χ1) is 76.8. The van der Waals surface area contributed by atoms with Gasteiger partial charge in [0, 0.05) is 32.3 Å². The summed E-state index contributed by atoms with van der Waals surface area (Å²) in [7, 11) is 0. The molecule has 0 saturated heterocycles. The molecule has 0 bridgehead atoms. The van der Waals surface area contributed by atoms with Crippen molar-refractivity contribution in [2.24, 2.45) is 0 Å². The molecule has 25 rings (SSSR count). The van der Waals surface area contributed by atoms with E-state index in [1.165, 1.54) is 0 Å². The molecule has 117 heavy (non-hydrogen) atoms. The highest BCUT2D eigenvalue weighted by Crippen LogP contribution is 2.53. The summed E-state index contributed by atoms with van der Waals surface area (Å²) in [6, 6.07) is 16.9. The fraction of sp³-hybridized carbons (Fsp3) is 0. The van der Waals surface area contributed by atoms with E-state index in [9.17, 15) is 20.6 Å². The van der Waals surface area contributed by atoms with Crippen LogP contribution in [0.4, 0.5) is 0 Å². The standard InChI is InChI=1S/C40H24O.C38H24O.C36H22O/c1-2-11-28-25(10-1)20-21-26-24-27(22-23-29(26)28)38-30-12-3-5-14-32(30)39(33-15-6-4-13-31(33)38)35-17-9-19-37-40(35)34-16-7-8-18-36(34)41-37;1-2-13-25(14-3-1)26-15-4-5-16-27(26)36-28-17-6-8-19-30(28)37(31-20-9-7-18-29(31)36)33-22-12-24-35-38(33)32-21-10-11-23-34(32)39-35;1-2-11-24-22-25(21-20-23(24)10-1)34-26-12-3-5-14-28(26)35(29-15-6-4-13-27(29)34)31-17-9-19-33-36(31)30-16-7-8-18-32(30)37-33/h1-24H;1-24H;1-22H/i3D,4D,5D,6D,7D,8D,9D,12D,13D,14D,15D,16D,17D,18D,19D;6D,7D,8D,9D,10D,11D,12D,17D,18D,19D,20D,21D,22D,23D,24D;3D,4D,5D,6D,7D,8D,9D,12D,13D,14D,15D,16D,17D,18D,19D. The van der Waals surface area contributed by atoms with Gasteiger partial charge >= 0.3 is 0 Å². The number of rotatable bonds is 7. The second-order valence-electron chi connectivity index (χ2n) is 27.2. The maximum atomic E-state index is 9.36. The number of furan rings is 3. The SMILES string of the molecule is [2H]c1c([2H])c([2H])c2c(oc3c([2H])c([2H])c([2H])c(-c4c5c([2H])c([2H])c([2H])c([2H])c5c(-c5ccc6c(ccc7ccccc76)c5)c5c([2H])c([2H])c([2H])c([2H])c45)c32)c1[2H].[2H]c1c([2H])c([2H])c2c(oc3c([2H])c([2H])c([2H])c(-c4c5c([2H])c([2H])c([2H])c([2H])c5c(-c5ccc6ccccc6c5)c5c([2H])c([2H])c([2H])c([2H])c45)c32)c1[2H].[2H]c1c([2H])c([2H])c2c(oc3c([2H])c([2H])c([2H])c(-c4c5c([2H])c([2H])c([2H])c([2H])c5c(-c5ccccc5-c5ccccc5)c5c([2H])c([2H])c([2H])c([2H])c45)c32)c1[2H]. The zero-order chi connectivity index (χ0) is 116. The smallest absolute Gasteiger partial charge is 0.136 e. The third-order valence-corrected chi connectivity index (χ3v) is 21.1. The molecule has 0 aliphatic carbocycles. The highest BCUT2D eigenvalue weighted by molar-refractivity contribution is 6.30. The van der Waals surface area contributed by atoms with Crippen molar-refractivity contribution in [1.29, 1.82) is 0 Å². The van der Waals surface area contributed by atoms with E-state index in [0.717, 1.165) is 32.3 Å². The summed E-state index contributed by atoms with van der Waals surface area (Å²) >= 11 is 0. The molecule has 0 radical (unpaired) electrons. The van der Waals surface area contributed by atoms with Gasteiger partial charge in [-0.25, -0.2) is 0 Å². The molecule has 0 aliphatic rings. The van der Waals surface area contributed by atoms with Crippen LogP contribution < -0.4 is 0 Å². The van der Waals surface area contributed by atoms with Gasteiger partial charge in [-0.2, -0.15) is 0 Å². The number of para-hydroxylation sites is 3. The zero-order valence-corrected chi connectivity index (χ0v) is 60.2. The van der Waals surface area contributed by atoms with Gasteiger partial charge < -0.3 is 13.3 Å². The Bertz CT molecular complexity index is 11000. The van der Waals surface area contributed by atoms with Gasteiger partial charge in [0.2, 0.25) is 0 Å². The van der Waals surface area contributed by atoms with Crippen molar-refractivity contribution in [3.63, 3.8) is 0 Å². The van der Waals surface area contributed by atoms with Gasteiger partial charge in [0.25, 0.3) is 0 Å². The number of benzene rings is 22. The lowest BCUT2D eigenvalue weighted by molar-refractivity contribution is 0.668. The van der Waals surface area contributed by atoms with Crippen LogP contribution in [0.15, 0.2) is 437 Å². The Labute approximate surface area is 737 Å². The van der Waals surface area contributed by atoms with E-state index in [2.05, 4.69) is 0 Å². The maximum Gasteiger partial charge on any atom is 0.136 e. The van der Waals surface area contributed by atoms with E-state index in [0.29, 0.717) is 27.8 Å². The first-order valence-electron chi connectivity index (χ1n) is 59.0. The predicted molar refractivity (Wildman–Crippen MR) is 497 cm³/mol. The Morgan fingerprint density at radius 1 is 0.154 bits per heavy atom. The minimum Gasteiger partial charge on any atom is -0.456 e. The number of fused-ring (bicyclic) bond motifs is 19. The Kier molecular flexibility index (Phi) is 8.58. The third kappa shape index (κ3) is 11.0. The average Bonchev–Trinajstić information content (AvgIpc) is 1.37. The van der Waals surface area contributed by atoms with Crippen LogP contribution in [0.25, 0.3) is 241 Å². The molecule has 0 aliphatic heterocycles. The van der Waals surface area contributed by atoms with Crippen molar-refractivity contribution >= 4 is 163 Å². The molecule has 544 valence electrons. The minimum atomic E-state index is -0.715. The molecular formula is C114H70O3. The lowest BCUT2D eigenvalue weighted by atomic mass is 9.83. The minimum absolute atomic E-state index is 0.0622. The molecule has 22 aromatic carbocycles. The molecule has 0 amide bonds. The molecular weight excluding hydrogens is 1420 g/mol. The summed E-state index contributed by atoms with van der Waals surface area (Å²) in [5.41, 5.74) is -1.74. The molecule has 0 saturated carbocycles. The van der Waals surface area contributed by atoms with E-state index >= 15 is 0 Å². The lowest BCUT2D eigenvalue weighted by Gasteiger charge is -2.20. The van der Waals surface area contributed by atoms with E-state index in [-0.39, 0.29) is 164 Å². The Hall–Kier alpha value is -15.4. The molecule has 3 aromatic heterocycles. The largest absolute Gasteiger partial charge is 0.456 e. The van der Waals surface area contributed by atoms with Crippen molar-refractivity contribution in [3.05, 3.63) is 424 Å². The molecule has 0 fully saturated rings. The molecule has 3 nitrogen and oxygen atoms in total. The molecule has 3 heteroatoms. The van der Waals surface area contributed by atoms with Crippen molar-refractivity contribution in [1.82, 2.24) is 0 Å². The van der Waals surface area contributed by atoms with Crippen molar-refractivity contribution in [3.8, 4) is 77.9 Å². The molecule has 25 aromatic rings. The van der Waals surface area contributed by atoms with E-state index < -0.39 is 289 Å². The van der Waals surface area contributed by atoms with Crippen molar-refractivity contribution in [2.75, 3.05) is 0 Å². The van der Waals surface area contributed by atoms with Gasteiger partial charge in [0.15, 0.2) is 0 Å².